The van der Waals surface area contributed by atoms with Crippen molar-refractivity contribution >= 4 is 11.6 Å². The Kier molecular flexibility index (Phi) is 4.87. The molecule has 0 aliphatic heterocycles. The monoisotopic (exact) mass is 274 g/mol. The lowest BCUT2D eigenvalue weighted by Gasteiger charge is -2.19. The summed E-state index contributed by atoms with van der Waals surface area (Å²) in [5.41, 5.74) is 1.01. The predicted octanol–water partition coefficient (Wildman–Crippen LogP) is 3.07. The molecule has 2 rings (SSSR count). The maximum Gasteiger partial charge on any atom is 0.134 e. The minimum atomic E-state index is -0.223. The second kappa shape index (κ2) is 6.84. The summed E-state index contributed by atoms with van der Waals surface area (Å²) in [6.45, 7) is 6.61. The van der Waals surface area contributed by atoms with Gasteiger partial charge in [-0.05, 0) is 31.5 Å². The van der Waals surface area contributed by atoms with Gasteiger partial charge >= 0.3 is 0 Å². The van der Waals surface area contributed by atoms with Crippen molar-refractivity contribution in [2.24, 2.45) is 0 Å². The van der Waals surface area contributed by atoms with E-state index < -0.39 is 0 Å². The van der Waals surface area contributed by atoms with E-state index in [4.69, 9.17) is 0 Å². The van der Waals surface area contributed by atoms with Crippen molar-refractivity contribution in [2.75, 3.05) is 23.3 Å². The van der Waals surface area contributed by atoms with Crippen molar-refractivity contribution in [1.82, 2.24) is 9.97 Å². The van der Waals surface area contributed by atoms with Gasteiger partial charge in [0.1, 0.15) is 23.8 Å². The highest BCUT2D eigenvalue weighted by atomic mass is 19.1. The molecule has 0 bridgehead atoms. The van der Waals surface area contributed by atoms with Crippen molar-refractivity contribution in [3.8, 4) is 0 Å². The van der Waals surface area contributed by atoms with Crippen LogP contribution in [0.3, 0.4) is 0 Å². The fraction of sp³-hybridized carbons (Fsp3) is 0.333. The van der Waals surface area contributed by atoms with Gasteiger partial charge in [0.2, 0.25) is 0 Å². The van der Waals surface area contributed by atoms with Crippen LogP contribution in [0.1, 0.15) is 19.4 Å². The molecule has 20 heavy (non-hydrogen) atoms. The summed E-state index contributed by atoms with van der Waals surface area (Å²) in [7, 11) is 0. The quantitative estimate of drug-likeness (QED) is 0.879. The van der Waals surface area contributed by atoms with E-state index in [2.05, 4.69) is 34.0 Å². The van der Waals surface area contributed by atoms with E-state index in [1.54, 1.807) is 18.5 Å². The van der Waals surface area contributed by atoms with Gasteiger partial charge < -0.3 is 10.2 Å². The molecule has 0 unspecified atom stereocenters. The Balaban J connectivity index is 2.02. The van der Waals surface area contributed by atoms with E-state index in [1.807, 2.05) is 6.07 Å². The molecule has 1 N–H and O–H groups in total. The van der Waals surface area contributed by atoms with Crippen molar-refractivity contribution in [3.05, 3.63) is 48.0 Å². The largest absolute Gasteiger partial charge is 0.366 e. The standard InChI is InChI=1S/C15H19FN4/c1-3-20(4-2)15-9-14(18-11-19-15)17-10-12-5-7-13(16)8-6-12/h5-9,11H,3-4,10H2,1-2H3,(H,17,18,19). The Labute approximate surface area is 118 Å². The second-order valence-electron chi connectivity index (χ2n) is 4.41. The molecule has 1 aromatic heterocycles. The number of nitrogens with zero attached hydrogens (tertiary/aromatic N) is 3. The maximum absolute atomic E-state index is 12.8. The topological polar surface area (TPSA) is 41.0 Å². The molecule has 0 radical (unpaired) electrons. The Hall–Kier alpha value is -2.17. The highest BCUT2D eigenvalue weighted by molar-refractivity contribution is 5.48. The molecule has 106 valence electrons. The number of benzene rings is 1. The number of anilines is 2. The van der Waals surface area contributed by atoms with Crippen LogP contribution < -0.4 is 10.2 Å². The SMILES string of the molecule is CCN(CC)c1cc(NCc2ccc(F)cc2)ncn1. The summed E-state index contributed by atoms with van der Waals surface area (Å²) in [6, 6.07) is 8.36. The van der Waals surface area contributed by atoms with Crippen LogP contribution >= 0.6 is 0 Å². The van der Waals surface area contributed by atoms with E-state index in [1.165, 1.54) is 12.1 Å². The zero-order valence-electron chi connectivity index (χ0n) is 11.8. The molecular weight excluding hydrogens is 255 g/mol. The van der Waals surface area contributed by atoms with E-state index in [-0.39, 0.29) is 5.82 Å². The lowest BCUT2D eigenvalue weighted by atomic mass is 10.2. The van der Waals surface area contributed by atoms with Gasteiger partial charge in [-0.25, -0.2) is 14.4 Å². The van der Waals surface area contributed by atoms with Gasteiger partial charge in [-0.15, -0.1) is 0 Å². The zero-order valence-corrected chi connectivity index (χ0v) is 11.8. The van der Waals surface area contributed by atoms with Crippen LogP contribution in [0.2, 0.25) is 0 Å². The molecule has 0 amide bonds. The first-order valence-corrected chi connectivity index (χ1v) is 6.78. The molecule has 5 heteroatoms. The summed E-state index contributed by atoms with van der Waals surface area (Å²) in [5.74, 6) is 1.46. The van der Waals surface area contributed by atoms with Crippen molar-refractivity contribution in [2.45, 2.75) is 20.4 Å². The van der Waals surface area contributed by atoms with Gasteiger partial charge in [-0.3, -0.25) is 0 Å². The van der Waals surface area contributed by atoms with Crippen molar-refractivity contribution in [1.29, 1.82) is 0 Å². The number of hydrogen-bond donors (Lipinski definition) is 1. The van der Waals surface area contributed by atoms with E-state index in [0.29, 0.717) is 6.54 Å². The lowest BCUT2D eigenvalue weighted by molar-refractivity contribution is 0.627. The first-order valence-electron chi connectivity index (χ1n) is 6.78. The van der Waals surface area contributed by atoms with Crippen LogP contribution in [-0.4, -0.2) is 23.1 Å². The molecule has 0 saturated carbocycles. The molecule has 0 aliphatic rings. The molecule has 0 fully saturated rings. The molecule has 2 aromatic rings. The highest BCUT2D eigenvalue weighted by Crippen LogP contribution is 2.14. The first-order chi connectivity index (χ1) is 9.72. The van der Waals surface area contributed by atoms with Gasteiger partial charge in [-0.2, -0.15) is 0 Å². The van der Waals surface area contributed by atoms with Gasteiger partial charge in [0.05, 0.1) is 0 Å². The van der Waals surface area contributed by atoms with Crippen LogP contribution in [0.15, 0.2) is 36.7 Å². The predicted molar refractivity (Wildman–Crippen MR) is 79.3 cm³/mol. The number of nitrogens with one attached hydrogen (secondary N) is 1. The normalized spacial score (nSPS) is 10.3. The van der Waals surface area contributed by atoms with Crippen LogP contribution in [0.4, 0.5) is 16.0 Å². The lowest BCUT2D eigenvalue weighted by Crippen LogP contribution is -2.23. The van der Waals surface area contributed by atoms with Gasteiger partial charge in [0.25, 0.3) is 0 Å². The maximum atomic E-state index is 12.8. The Morgan fingerprint density at radius 2 is 1.80 bits per heavy atom. The van der Waals surface area contributed by atoms with E-state index in [9.17, 15) is 4.39 Å². The molecule has 1 heterocycles. The molecule has 1 aromatic carbocycles. The third-order valence-corrected chi connectivity index (χ3v) is 3.13. The highest BCUT2D eigenvalue weighted by Gasteiger charge is 2.04. The van der Waals surface area contributed by atoms with Crippen LogP contribution in [0.5, 0.6) is 0 Å². The average molecular weight is 274 g/mol. The first kappa shape index (κ1) is 14.2. The summed E-state index contributed by atoms with van der Waals surface area (Å²) in [5, 5.41) is 3.22. The minimum Gasteiger partial charge on any atom is -0.366 e. The molecule has 0 atom stereocenters. The third kappa shape index (κ3) is 3.66. The minimum absolute atomic E-state index is 0.223. The third-order valence-electron chi connectivity index (χ3n) is 3.13. The summed E-state index contributed by atoms with van der Waals surface area (Å²) in [4.78, 5) is 10.6. The van der Waals surface area contributed by atoms with Gasteiger partial charge in [-0.1, -0.05) is 12.1 Å². The summed E-state index contributed by atoms with van der Waals surface area (Å²) in [6.07, 6.45) is 1.56. The number of rotatable bonds is 6. The van der Waals surface area contributed by atoms with E-state index in [0.717, 1.165) is 30.3 Å². The summed E-state index contributed by atoms with van der Waals surface area (Å²) >= 11 is 0. The summed E-state index contributed by atoms with van der Waals surface area (Å²) < 4.78 is 12.8. The molecule has 0 aliphatic carbocycles. The average Bonchev–Trinajstić information content (AvgIpc) is 2.48. The van der Waals surface area contributed by atoms with Crippen molar-refractivity contribution < 1.29 is 4.39 Å². The van der Waals surface area contributed by atoms with E-state index >= 15 is 0 Å². The van der Waals surface area contributed by atoms with Crippen LogP contribution in [0.25, 0.3) is 0 Å². The molecular formula is C15H19FN4. The fourth-order valence-corrected chi connectivity index (χ4v) is 1.96. The van der Waals surface area contributed by atoms with Gasteiger partial charge in [0.15, 0.2) is 0 Å². The van der Waals surface area contributed by atoms with Crippen LogP contribution in [0, 0.1) is 5.82 Å². The molecule has 4 nitrogen and oxygen atoms in total. The Morgan fingerprint density at radius 3 is 2.45 bits per heavy atom. The van der Waals surface area contributed by atoms with Gasteiger partial charge in [0, 0.05) is 25.7 Å². The van der Waals surface area contributed by atoms with Crippen molar-refractivity contribution in [3.63, 3.8) is 0 Å². The zero-order chi connectivity index (χ0) is 14.4. The smallest absolute Gasteiger partial charge is 0.134 e. The molecule has 0 spiro atoms. The van der Waals surface area contributed by atoms with Crippen LogP contribution in [-0.2, 0) is 6.54 Å². The number of halogens is 1. The Morgan fingerprint density at radius 1 is 1.10 bits per heavy atom. The number of aromatic nitrogens is 2. The fourth-order valence-electron chi connectivity index (χ4n) is 1.96. The molecule has 0 saturated heterocycles. The Bertz CT molecular complexity index is 538. The number of hydrogen-bond acceptors (Lipinski definition) is 4. The second-order valence-corrected chi connectivity index (χ2v) is 4.41.